The van der Waals surface area contributed by atoms with Crippen LogP contribution in [-0.2, 0) is 17.7 Å². The Hall–Kier alpha value is -2.38. The quantitative estimate of drug-likeness (QED) is 0.692. The molecule has 0 bridgehead atoms. The molecule has 0 amide bonds. The number of ether oxygens (including phenoxy) is 2. The lowest BCUT2D eigenvalue weighted by atomic mass is 10.00. The molecule has 0 spiro atoms. The van der Waals surface area contributed by atoms with Crippen LogP contribution in [0.3, 0.4) is 0 Å². The van der Waals surface area contributed by atoms with E-state index in [4.69, 9.17) is 25.9 Å². The van der Waals surface area contributed by atoms with Crippen molar-refractivity contribution < 1.29 is 9.47 Å². The zero-order chi connectivity index (χ0) is 18.8. The van der Waals surface area contributed by atoms with Gasteiger partial charge in [0.25, 0.3) is 0 Å². The number of aryl methyl sites for hydroxylation is 1. The van der Waals surface area contributed by atoms with Gasteiger partial charge in [0.05, 0.1) is 11.0 Å². The van der Waals surface area contributed by atoms with Crippen LogP contribution in [0, 0.1) is 5.92 Å². The third-order valence-corrected chi connectivity index (χ3v) is 5.24. The van der Waals surface area contributed by atoms with E-state index in [0.29, 0.717) is 24.9 Å². The number of anilines is 1. The Labute approximate surface area is 158 Å². The zero-order valence-electron chi connectivity index (χ0n) is 15.8. The normalized spacial score (nSPS) is 15.6. The number of nitrogens with zero attached hydrogens (tertiary/aromatic N) is 3. The second-order valence-electron chi connectivity index (χ2n) is 7.06. The van der Waals surface area contributed by atoms with E-state index in [2.05, 4.69) is 22.5 Å². The average Bonchev–Trinajstić information content (AvgIpc) is 3.06. The standard InChI is InChI=1S/C20H27N5O2/c1-2-17-24-18-19(25(17)12-13-5-8-26-9-6-13)15-4-3-14(27-10-7-21)11-16(15)23-20(18)22/h3-4,11,13H,2,5-10,12,21H2,1H3,(H2,22,23). The molecule has 1 aliphatic heterocycles. The molecule has 0 radical (unpaired) electrons. The lowest BCUT2D eigenvalue weighted by Crippen LogP contribution is -2.21. The summed E-state index contributed by atoms with van der Waals surface area (Å²) in [7, 11) is 0. The average molecular weight is 369 g/mol. The van der Waals surface area contributed by atoms with Crippen LogP contribution in [0.2, 0.25) is 0 Å². The van der Waals surface area contributed by atoms with Crippen LogP contribution in [0.1, 0.15) is 25.6 Å². The van der Waals surface area contributed by atoms with E-state index in [1.807, 2.05) is 12.1 Å². The fourth-order valence-electron chi connectivity index (χ4n) is 3.86. The Kier molecular flexibility index (Phi) is 5.13. The molecule has 0 unspecified atom stereocenters. The lowest BCUT2D eigenvalue weighted by molar-refractivity contribution is 0.0614. The van der Waals surface area contributed by atoms with Crippen LogP contribution in [-0.4, -0.2) is 40.9 Å². The molecule has 4 rings (SSSR count). The predicted octanol–water partition coefficient (Wildman–Crippen LogP) is 2.49. The molecule has 7 heteroatoms. The van der Waals surface area contributed by atoms with Crippen LogP contribution in [0.15, 0.2) is 18.2 Å². The van der Waals surface area contributed by atoms with Gasteiger partial charge in [-0.15, -0.1) is 0 Å². The van der Waals surface area contributed by atoms with Gasteiger partial charge >= 0.3 is 0 Å². The van der Waals surface area contributed by atoms with Crippen molar-refractivity contribution in [2.24, 2.45) is 11.7 Å². The Balaban J connectivity index is 1.84. The van der Waals surface area contributed by atoms with Gasteiger partial charge in [-0.2, -0.15) is 0 Å². The van der Waals surface area contributed by atoms with Crippen LogP contribution >= 0.6 is 0 Å². The van der Waals surface area contributed by atoms with E-state index in [1.54, 1.807) is 0 Å². The van der Waals surface area contributed by atoms with E-state index in [1.165, 1.54) is 0 Å². The van der Waals surface area contributed by atoms with Gasteiger partial charge in [-0.3, -0.25) is 0 Å². The number of benzene rings is 1. The van der Waals surface area contributed by atoms with Gasteiger partial charge in [-0.25, -0.2) is 9.97 Å². The Bertz CT molecular complexity index is 947. The monoisotopic (exact) mass is 369 g/mol. The summed E-state index contributed by atoms with van der Waals surface area (Å²) in [5, 5.41) is 1.05. The predicted molar refractivity (Wildman–Crippen MR) is 107 cm³/mol. The number of nitrogens with two attached hydrogens (primary N) is 2. The first kappa shape index (κ1) is 18.0. The minimum atomic E-state index is 0.467. The summed E-state index contributed by atoms with van der Waals surface area (Å²) < 4.78 is 13.5. The summed E-state index contributed by atoms with van der Waals surface area (Å²) in [5.74, 6) is 2.87. The summed E-state index contributed by atoms with van der Waals surface area (Å²) in [6.45, 7) is 5.70. The van der Waals surface area contributed by atoms with Crippen molar-refractivity contribution in [2.45, 2.75) is 32.7 Å². The molecule has 0 aliphatic carbocycles. The molecule has 1 saturated heterocycles. The molecular formula is C20H27N5O2. The molecule has 144 valence electrons. The fourth-order valence-corrected chi connectivity index (χ4v) is 3.86. The number of nitrogen functional groups attached to an aromatic ring is 1. The minimum Gasteiger partial charge on any atom is -0.492 e. The van der Waals surface area contributed by atoms with Gasteiger partial charge in [-0.1, -0.05) is 6.92 Å². The van der Waals surface area contributed by atoms with Crippen LogP contribution in [0.5, 0.6) is 5.75 Å². The molecule has 7 nitrogen and oxygen atoms in total. The zero-order valence-corrected chi connectivity index (χ0v) is 15.8. The highest BCUT2D eigenvalue weighted by atomic mass is 16.5. The van der Waals surface area contributed by atoms with Gasteiger partial charge in [0.15, 0.2) is 5.82 Å². The van der Waals surface area contributed by atoms with E-state index in [-0.39, 0.29) is 0 Å². The number of pyridine rings is 1. The molecule has 0 atom stereocenters. The summed E-state index contributed by atoms with van der Waals surface area (Å²) >= 11 is 0. The second-order valence-corrected chi connectivity index (χ2v) is 7.06. The summed E-state index contributed by atoms with van der Waals surface area (Å²) in [5.41, 5.74) is 14.5. The number of hydrogen-bond donors (Lipinski definition) is 2. The molecule has 4 N–H and O–H groups in total. The number of rotatable bonds is 6. The molecule has 1 aliphatic rings. The van der Waals surface area contributed by atoms with Gasteiger partial charge < -0.3 is 25.5 Å². The van der Waals surface area contributed by atoms with Crippen molar-refractivity contribution in [2.75, 3.05) is 32.1 Å². The van der Waals surface area contributed by atoms with Crippen LogP contribution < -0.4 is 16.2 Å². The van der Waals surface area contributed by atoms with Gasteiger partial charge in [-0.05, 0) is 30.9 Å². The first-order valence-electron chi connectivity index (χ1n) is 9.70. The van der Waals surface area contributed by atoms with Crippen molar-refractivity contribution in [1.29, 1.82) is 0 Å². The largest absolute Gasteiger partial charge is 0.492 e. The van der Waals surface area contributed by atoms with Gasteiger partial charge in [0.2, 0.25) is 0 Å². The molecule has 3 aromatic rings. The van der Waals surface area contributed by atoms with Gasteiger partial charge in [0.1, 0.15) is 23.7 Å². The van der Waals surface area contributed by atoms with E-state index in [0.717, 1.165) is 72.5 Å². The SMILES string of the molecule is CCc1nc2c(N)nc3cc(OCCN)ccc3c2n1CC1CCOCC1. The Morgan fingerprint density at radius 2 is 2.07 bits per heavy atom. The first-order valence-corrected chi connectivity index (χ1v) is 9.70. The lowest BCUT2D eigenvalue weighted by Gasteiger charge is -2.23. The molecule has 27 heavy (non-hydrogen) atoms. The highest BCUT2D eigenvalue weighted by Gasteiger charge is 2.21. The molecule has 2 aromatic heterocycles. The van der Waals surface area contributed by atoms with Crippen LogP contribution in [0.4, 0.5) is 5.82 Å². The number of aromatic nitrogens is 3. The fraction of sp³-hybridized carbons (Fsp3) is 0.500. The maximum atomic E-state index is 6.27. The molecule has 3 heterocycles. The molecule has 0 saturated carbocycles. The number of fused-ring (bicyclic) bond motifs is 3. The number of imidazole rings is 1. The van der Waals surface area contributed by atoms with Crippen molar-refractivity contribution in [1.82, 2.24) is 14.5 Å². The van der Waals surface area contributed by atoms with Crippen molar-refractivity contribution in [3.8, 4) is 5.75 Å². The van der Waals surface area contributed by atoms with Crippen molar-refractivity contribution in [3.63, 3.8) is 0 Å². The third-order valence-electron chi connectivity index (χ3n) is 5.24. The maximum absolute atomic E-state index is 6.27. The highest BCUT2D eigenvalue weighted by Crippen LogP contribution is 2.32. The Morgan fingerprint density at radius 3 is 2.81 bits per heavy atom. The Morgan fingerprint density at radius 1 is 1.26 bits per heavy atom. The van der Waals surface area contributed by atoms with Gasteiger partial charge in [0, 0.05) is 44.2 Å². The molecular weight excluding hydrogens is 342 g/mol. The summed E-state index contributed by atoms with van der Waals surface area (Å²) in [6, 6.07) is 5.95. The van der Waals surface area contributed by atoms with E-state index in [9.17, 15) is 0 Å². The minimum absolute atomic E-state index is 0.467. The first-order chi connectivity index (χ1) is 13.2. The maximum Gasteiger partial charge on any atom is 0.152 e. The third kappa shape index (κ3) is 3.44. The van der Waals surface area contributed by atoms with E-state index < -0.39 is 0 Å². The summed E-state index contributed by atoms with van der Waals surface area (Å²) in [4.78, 5) is 9.39. The smallest absolute Gasteiger partial charge is 0.152 e. The number of hydrogen-bond acceptors (Lipinski definition) is 6. The molecule has 1 fully saturated rings. The second kappa shape index (κ2) is 7.70. The summed E-state index contributed by atoms with van der Waals surface area (Å²) in [6.07, 6.45) is 3.02. The molecule has 1 aromatic carbocycles. The van der Waals surface area contributed by atoms with E-state index >= 15 is 0 Å². The van der Waals surface area contributed by atoms with Crippen molar-refractivity contribution >= 4 is 27.8 Å². The van der Waals surface area contributed by atoms with Crippen molar-refractivity contribution in [3.05, 3.63) is 24.0 Å². The topological polar surface area (TPSA) is 101 Å². The highest BCUT2D eigenvalue weighted by molar-refractivity contribution is 6.06. The van der Waals surface area contributed by atoms with Crippen LogP contribution in [0.25, 0.3) is 21.9 Å².